The molecule has 0 unspecified atom stereocenters. The average molecular weight is 410 g/mol. The quantitative estimate of drug-likeness (QED) is 0.701. The van der Waals surface area contributed by atoms with Crippen molar-refractivity contribution in [2.24, 2.45) is 0 Å². The Bertz CT molecular complexity index is 851. The number of hydrogen-bond donors (Lipinski definition) is 1. The first-order valence-electron chi connectivity index (χ1n) is 8.45. The number of rotatable bonds is 7. The first-order valence-corrected chi connectivity index (χ1v) is 8.86. The highest BCUT2D eigenvalue weighted by molar-refractivity contribution is 7.80. The van der Waals surface area contributed by atoms with Gasteiger partial charge in [0.1, 0.15) is 0 Å². The Labute approximate surface area is 166 Å². The summed E-state index contributed by atoms with van der Waals surface area (Å²) in [7, 11) is 3.24. The van der Waals surface area contributed by atoms with Gasteiger partial charge in [-0.1, -0.05) is 12.1 Å². The molecule has 0 fully saturated rings. The van der Waals surface area contributed by atoms with Crippen molar-refractivity contribution >= 4 is 17.3 Å². The number of ether oxygens (including phenoxy) is 4. The molecule has 1 aliphatic rings. The molecule has 0 saturated carbocycles. The highest BCUT2D eigenvalue weighted by atomic mass is 32.1. The van der Waals surface area contributed by atoms with Crippen LogP contribution in [0.3, 0.4) is 0 Å². The molecule has 0 bridgehead atoms. The lowest BCUT2D eigenvalue weighted by atomic mass is 10.2. The second-order valence-corrected chi connectivity index (χ2v) is 6.45. The third-order valence-corrected chi connectivity index (χ3v) is 4.55. The Kier molecular flexibility index (Phi) is 6.35. The Morgan fingerprint density at radius 1 is 1.14 bits per heavy atom. The van der Waals surface area contributed by atoms with Gasteiger partial charge in [-0.2, -0.15) is 8.78 Å². The predicted molar refractivity (Wildman–Crippen MR) is 103 cm³/mol. The number of nitrogens with one attached hydrogen (secondary N) is 1. The van der Waals surface area contributed by atoms with Crippen molar-refractivity contribution in [2.75, 3.05) is 21.0 Å². The van der Waals surface area contributed by atoms with Gasteiger partial charge in [-0.25, -0.2) is 0 Å². The molecule has 9 heteroatoms. The van der Waals surface area contributed by atoms with Crippen LogP contribution in [0, 0.1) is 0 Å². The molecular formula is C19H20F2N2O4S. The standard InChI is InChI=1S/C19H20F2N2O4S/c1-23(10-13-4-6-15(27-18(20)21)16(8-13)24-2)19(28)22-9-12-3-5-14-17(7-12)26-11-25-14/h3-8,18H,9-11H2,1-2H3,(H,22,28). The normalized spacial score (nSPS) is 12.0. The molecule has 2 aromatic rings. The molecule has 28 heavy (non-hydrogen) atoms. The van der Waals surface area contributed by atoms with Crippen LogP contribution in [-0.2, 0) is 13.1 Å². The monoisotopic (exact) mass is 410 g/mol. The second kappa shape index (κ2) is 8.92. The van der Waals surface area contributed by atoms with E-state index in [1.165, 1.54) is 13.2 Å². The molecule has 0 spiro atoms. The number of alkyl halides is 2. The van der Waals surface area contributed by atoms with Gasteiger partial charge in [0.15, 0.2) is 28.1 Å². The number of thiocarbonyl (C=S) groups is 1. The van der Waals surface area contributed by atoms with Gasteiger partial charge in [0, 0.05) is 20.1 Å². The third-order valence-electron chi connectivity index (χ3n) is 4.09. The minimum Gasteiger partial charge on any atom is -0.493 e. The summed E-state index contributed by atoms with van der Waals surface area (Å²) in [5.74, 6) is 1.69. The summed E-state index contributed by atoms with van der Waals surface area (Å²) in [5.41, 5.74) is 1.85. The number of halogens is 2. The van der Waals surface area contributed by atoms with Crippen LogP contribution in [0.25, 0.3) is 0 Å². The molecule has 150 valence electrons. The highest BCUT2D eigenvalue weighted by Gasteiger charge is 2.14. The van der Waals surface area contributed by atoms with Crippen LogP contribution in [0.2, 0.25) is 0 Å². The molecule has 1 heterocycles. The molecular weight excluding hydrogens is 390 g/mol. The maximum Gasteiger partial charge on any atom is 0.387 e. The van der Waals surface area contributed by atoms with Crippen LogP contribution in [0.15, 0.2) is 36.4 Å². The maximum atomic E-state index is 12.4. The van der Waals surface area contributed by atoms with Gasteiger partial charge in [0.05, 0.1) is 7.11 Å². The van der Waals surface area contributed by atoms with Crippen molar-refractivity contribution in [1.82, 2.24) is 10.2 Å². The molecule has 0 saturated heterocycles. The summed E-state index contributed by atoms with van der Waals surface area (Å²) in [6.07, 6.45) is 0. The molecule has 0 atom stereocenters. The summed E-state index contributed by atoms with van der Waals surface area (Å²) in [5, 5.41) is 3.73. The van der Waals surface area contributed by atoms with Crippen molar-refractivity contribution < 1.29 is 27.7 Å². The minimum absolute atomic E-state index is 0.00703. The lowest BCUT2D eigenvalue weighted by Gasteiger charge is -2.22. The van der Waals surface area contributed by atoms with Gasteiger partial charge in [0.2, 0.25) is 6.79 Å². The Hall–Kier alpha value is -2.81. The van der Waals surface area contributed by atoms with Crippen molar-refractivity contribution in [3.05, 3.63) is 47.5 Å². The molecule has 0 aromatic heterocycles. The van der Waals surface area contributed by atoms with Gasteiger partial charge >= 0.3 is 6.61 Å². The van der Waals surface area contributed by atoms with Gasteiger partial charge in [-0.3, -0.25) is 0 Å². The molecule has 1 N–H and O–H groups in total. The van der Waals surface area contributed by atoms with Crippen molar-refractivity contribution in [1.29, 1.82) is 0 Å². The van der Waals surface area contributed by atoms with Crippen LogP contribution >= 0.6 is 12.2 Å². The van der Waals surface area contributed by atoms with Crippen LogP contribution in [0.4, 0.5) is 8.78 Å². The third kappa shape index (κ3) is 4.92. The lowest BCUT2D eigenvalue weighted by Crippen LogP contribution is -2.36. The minimum atomic E-state index is -2.91. The van der Waals surface area contributed by atoms with Gasteiger partial charge in [-0.05, 0) is 47.6 Å². The average Bonchev–Trinajstić information content (AvgIpc) is 3.14. The van der Waals surface area contributed by atoms with Gasteiger partial charge < -0.3 is 29.2 Å². The first kappa shape index (κ1) is 19.9. The number of benzene rings is 2. The Morgan fingerprint density at radius 3 is 2.64 bits per heavy atom. The van der Waals surface area contributed by atoms with E-state index in [1.807, 2.05) is 30.1 Å². The van der Waals surface area contributed by atoms with Crippen molar-refractivity contribution in [2.45, 2.75) is 19.7 Å². The van der Waals surface area contributed by atoms with Crippen molar-refractivity contribution in [3.63, 3.8) is 0 Å². The Morgan fingerprint density at radius 2 is 1.89 bits per heavy atom. The Balaban J connectivity index is 1.56. The summed E-state index contributed by atoms with van der Waals surface area (Å²) >= 11 is 5.42. The van der Waals surface area contributed by atoms with Crippen LogP contribution in [0.1, 0.15) is 11.1 Å². The van der Waals surface area contributed by atoms with Crippen LogP contribution in [-0.4, -0.2) is 37.6 Å². The fourth-order valence-electron chi connectivity index (χ4n) is 2.71. The second-order valence-electron chi connectivity index (χ2n) is 6.07. The van der Waals surface area contributed by atoms with Crippen LogP contribution < -0.4 is 24.3 Å². The van der Waals surface area contributed by atoms with E-state index in [0.717, 1.165) is 22.6 Å². The summed E-state index contributed by atoms with van der Waals surface area (Å²) in [6, 6.07) is 10.5. The summed E-state index contributed by atoms with van der Waals surface area (Å²) in [6.45, 7) is -1.67. The maximum absolute atomic E-state index is 12.4. The number of methoxy groups -OCH3 is 1. The largest absolute Gasteiger partial charge is 0.493 e. The van der Waals surface area contributed by atoms with Gasteiger partial charge in [0.25, 0.3) is 0 Å². The van der Waals surface area contributed by atoms with E-state index in [2.05, 4.69) is 10.1 Å². The number of hydrogen-bond acceptors (Lipinski definition) is 5. The topological polar surface area (TPSA) is 52.2 Å². The van der Waals surface area contributed by atoms with E-state index in [9.17, 15) is 8.78 Å². The van der Waals surface area contributed by atoms with E-state index in [0.29, 0.717) is 18.2 Å². The van der Waals surface area contributed by atoms with E-state index in [4.69, 9.17) is 26.4 Å². The molecule has 6 nitrogen and oxygen atoms in total. The molecule has 0 amide bonds. The smallest absolute Gasteiger partial charge is 0.387 e. The molecule has 2 aromatic carbocycles. The van der Waals surface area contributed by atoms with E-state index < -0.39 is 6.61 Å². The molecule has 1 aliphatic heterocycles. The zero-order valence-corrected chi connectivity index (χ0v) is 16.2. The first-order chi connectivity index (χ1) is 13.5. The van der Waals surface area contributed by atoms with Gasteiger partial charge in [-0.15, -0.1) is 0 Å². The fourth-order valence-corrected chi connectivity index (χ4v) is 2.85. The molecule has 0 radical (unpaired) electrons. The van der Waals surface area contributed by atoms with E-state index >= 15 is 0 Å². The zero-order chi connectivity index (χ0) is 20.1. The van der Waals surface area contributed by atoms with E-state index in [-0.39, 0.29) is 18.3 Å². The predicted octanol–water partition coefficient (Wildman–Crippen LogP) is 3.53. The highest BCUT2D eigenvalue weighted by Crippen LogP contribution is 2.32. The molecule has 0 aliphatic carbocycles. The van der Waals surface area contributed by atoms with Crippen LogP contribution in [0.5, 0.6) is 23.0 Å². The fraction of sp³-hybridized carbons (Fsp3) is 0.316. The number of nitrogens with zero attached hydrogens (tertiary/aromatic N) is 1. The number of fused-ring (bicyclic) bond motifs is 1. The zero-order valence-electron chi connectivity index (χ0n) is 15.4. The molecule has 3 rings (SSSR count). The summed E-state index contributed by atoms with van der Waals surface area (Å²) in [4.78, 5) is 1.84. The SMILES string of the molecule is COc1cc(CN(C)C(=S)NCc2ccc3c(c2)OCO3)ccc1OC(F)F. The van der Waals surface area contributed by atoms with Crippen molar-refractivity contribution in [3.8, 4) is 23.0 Å². The summed E-state index contributed by atoms with van der Waals surface area (Å²) < 4.78 is 45.1. The lowest BCUT2D eigenvalue weighted by molar-refractivity contribution is -0.0512. The van der Waals surface area contributed by atoms with E-state index in [1.54, 1.807) is 12.1 Å².